The van der Waals surface area contributed by atoms with E-state index in [2.05, 4.69) is 4.84 Å². The summed E-state index contributed by atoms with van der Waals surface area (Å²) >= 11 is 0. The van der Waals surface area contributed by atoms with Gasteiger partial charge in [-0.3, -0.25) is 9.35 Å². The average molecular weight is 375 g/mol. The molecule has 1 aromatic rings. The van der Waals surface area contributed by atoms with Crippen molar-refractivity contribution in [1.82, 2.24) is 0 Å². The first-order valence-electron chi connectivity index (χ1n) is 5.98. The van der Waals surface area contributed by atoms with Gasteiger partial charge in [-0.2, -0.15) is 8.42 Å². The van der Waals surface area contributed by atoms with Gasteiger partial charge in [0, 0.05) is 12.5 Å². The molecule has 12 heteroatoms. The van der Waals surface area contributed by atoms with Crippen molar-refractivity contribution in [3.8, 4) is 11.5 Å². The van der Waals surface area contributed by atoms with Gasteiger partial charge in [-0.25, -0.2) is 0 Å². The molecule has 0 unspecified atom stereocenters. The minimum absolute atomic E-state index is 0. The van der Waals surface area contributed by atoms with Crippen molar-refractivity contribution in [2.75, 3.05) is 6.61 Å². The van der Waals surface area contributed by atoms with Crippen LogP contribution in [0.25, 0.3) is 0 Å². The van der Waals surface area contributed by atoms with Crippen molar-refractivity contribution < 1.29 is 37.5 Å². The maximum absolute atomic E-state index is 11.5. The molecule has 10 nitrogen and oxygen atoms in total. The average Bonchev–Trinajstić information content (AvgIpc) is 2.39. The van der Waals surface area contributed by atoms with Gasteiger partial charge in [0.25, 0.3) is 15.2 Å². The Kier molecular flexibility index (Phi) is 9.84. The summed E-state index contributed by atoms with van der Waals surface area (Å²) in [6, 6.07) is 2.91. The van der Waals surface area contributed by atoms with Crippen LogP contribution in [0, 0.1) is 10.1 Å². The number of aromatic hydroxyl groups is 1. The molecule has 1 rings (SSSR count). The van der Waals surface area contributed by atoms with Gasteiger partial charge in [-0.15, -0.1) is 10.1 Å². The Bertz CT molecular complexity index is 661. The van der Waals surface area contributed by atoms with Crippen LogP contribution in [0.1, 0.15) is 19.3 Å². The first-order chi connectivity index (χ1) is 10.2. The Morgan fingerprint density at radius 3 is 2.52 bits per heavy atom. The van der Waals surface area contributed by atoms with Gasteiger partial charge in [0.05, 0.1) is 6.61 Å². The van der Waals surface area contributed by atoms with Gasteiger partial charge >= 0.3 is 57.4 Å². The normalized spacial score (nSPS) is 10.5. The molecule has 1 aromatic carbocycles. The zero-order valence-corrected chi connectivity index (χ0v) is 12.0. The summed E-state index contributed by atoms with van der Waals surface area (Å²) < 4.78 is 35.7. The predicted octanol–water partition coefficient (Wildman–Crippen LogP) is 0.274. The van der Waals surface area contributed by atoms with Crippen LogP contribution in [0.4, 0.5) is 0 Å². The number of ether oxygens (including phenoxy) is 1. The van der Waals surface area contributed by atoms with Gasteiger partial charge in [-0.05, 0) is 25.0 Å². The molecule has 0 heterocycles. The number of carbonyl (C=O) groups excluding carboxylic acids is 1. The number of unbranched alkanes of at least 4 members (excludes halogenated alkanes) is 1. The van der Waals surface area contributed by atoms with E-state index >= 15 is 0 Å². The molecule has 0 aliphatic carbocycles. The number of phenols is 1. The van der Waals surface area contributed by atoms with E-state index in [4.69, 9.17) is 9.29 Å². The summed E-state index contributed by atoms with van der Waals surface area (Å²) in [7, 11) is -4.65. The van der Waals surface area contributed by atoms with Crippen molar-refractivity contribution in [3.05, 3.63) is 28.3 Å². The number of nitrogens with zero attached hydrogens (tertiary/aromatic N) is 1. The van der Waals surface area contributed by atoms with Crippen LogP contribution in [0.5, 0.6) is 11.5 Å². The summed E-state index contributed by atoms with van der Waals surface area (Å²) in [5.74, 6) is -1.55. The minimum atomic E-state index is -4.65. The molecule has 0 spiro atoms. The van der Waals surface area contributed by atoms with E-state index in [9.17, 15) is 28.4 Å². The topological polar surface area (TPSA) is 153 Å². The molecule has 0 saturated carbocycles. The molecule has 0 radical (unpaired) electrons. The second kappa shape index (κ2) is 10.2. The molecule has 0 fully saturated rings. The van der Waals surface area contributed by atoms with Gasteiger partial charge in [0.15, 0.2) is 0 Å². The monoisotopic (exact) mass is 375 g/mol. The van der Waals surface area contributed by atoms with E-state index in [0.717, 1.165) is 18.2 Å². The van der Waals surface area contributed by atoms with Crippen molar-refractivity contribution in [3.63, 3.8) is 0 Å². The molecule has 0 aromatic heterocycles. The van der Waals surface area contributed by atoms with Gasteiger partial charge < -0.3 is 14.7 Å². The molecular formula is C11H14KNO9S. The summed E-state index contributed by atoms with van der Waals surface area (Å²) in [5.41, 5.74) is 0. The number of benzene rings is 1. The quantitative estimate of drug-likeness (QED) is 0.124. The van der Waals surface area contributed by atoms with Crippen molar-refractivity contribution in [2.45, 2.75) is 24.2 Å². The number of esters is 1. The predicted molar refractivity (Wildman–Crippen MR) is 77.5 cm³/mol. The van der Waals surface area contributed by atoms with E-state index in [1.54, 1.807) is 0 Å². The van der Waals surface area contributed by atoms with E-state index in [1.807, 2.05) is 0 Å². The number of hydrogen-bond donors (Lipinski definition) is 2. The maximum atomic E-state index is 11.5. The van der Waals surface area contributed by atoms with Crippen LogP contribution in [0.15, 0.2) is 23.1 Å². The first-order valence-corrected chi connectivity index (χ1v) is 7.42. The summed E-state index contributed by atoms with van der Waals surface area (Å²) in [6.45, 7) is -0.146. The Morgan fingerprint density at radius 1 is 1.30 bits per heavy atom. The zero-order chi connectivity index (χ0) is 16.8. The third-order valence-corrected chi connectivity index (χ3v) is 3.30. The Morgan fingerprint density at radius 2 is 1.96 bits per heavy atom. The number of hydrogen-bond acceptors (Lipinski definition) is 8. The number of phenolic OH excluding ortho intramolecular Hbond substituents is 1. The van der Waals surface area contributed by atoms with E-state index in [-0.39, 0.29) is 83.0 Å². The van der Waals surface area contributed by atoms with Crippen LogP contribution in [-0.2, 0) is 19.8 Å². The SMILES string of the molecule is O=C(CCCCO[N+](=O)[O-])Oc1ccc(O)c(S(=O)(=O)O)c1.[KH]. The number of carbonyl (C=O) groups is 1. The molecule has 0 bridgehead atoms. The molecule has 0 saturated heterocycles. The summed E-state index contributed by atoms with van der Waals surface area (Å²) in [6.07, 6.45) is 0.473. The van der Waals surface area contributed by atoms with Crippen molar-refractivity contribution in [1.29, 1.82) is 0 Å². The van der Waals surface area contributed by atoms with Crippen LogP contribution >= 0.6 is 0 Å². The Balaban J connectivity index is 0.00000484. The standard InChI is InChI=1S/C11H13NO9S.K.H/c13-9-5-4-8(7-10(9)22(17,18)19)21-11(14)3-1-2-6-20-12(15)16;;/h4-5,7,13H,1-3,6H2,(H,17,18,19);;. The van der Waals surface area contributed by atoms with Crippen molar-refractivity contribution in [2.24, 2.45) is 0 Å². The van der Waals surface area contributed by atoms with Crippen molar-refractivity contribution >= 4 is 67.5 Å². The molecule has 0 aliphatic heterocycles. The zero-order valence-electron chi connectivity index (χ0n) is 11.2. The van der Waals surface area contributed by atoms with Gasteiger partial charge in [0.1, 0.15) is 16.4 Å². The molecular weight excluding hydrogens is 361 g/mol. The Hall–Kier alpha value is -0.764. The van der Waals surface area contributed by atoms with Crippen LogP contribution in [0.2, 0.25) is 0 Å². The fourth-order valence-electron chi connectivity index (χ4n) is 1.46. The third-order valence-electron chi connectivity index (χ3n) is 2.41. The van der Waals surface area contributed by atoms with Gasteiger partial charge in [0.2, 0.25) is 0 Å². The molecule has 0 aliphatic rings. The van der Waals surface area contributed by atoms with Gasteiger partial charge in [-0.1, -0.05) is 0 Å². The Labute approximate surface area is 174 Å². The molecule has 2 N–H and O–H groups in total. The molecule has 0 atom stereocenters. The second-order valence-corrected chi connectivity index (χ2v) is 5.48. The van der Waals surface area contributed by atoms with E-state index < -0.39 is 31.8 Å². The fourth-order valence-corrected chi connectivity index (χ4v) is 2.05. The van der Waals surface area contributed by atoms with E-state index in [1.165, 1.54) is 0 Å². The fraction of sp³-hybridized carbons (Fsp3) is 0.364. The van der Waals surface area contributed by atoms with Crippen LogP contribution < -0.4 is 4.74 Å². The molecule has 0 amide bonds. The first kappa shape index (κ1) is 22.2. The third kappa shape index (κ3) is 8.60. The summed E-state index contributed by atoms with van der Waals surface area (Å²) in [5, 5.41) is 18.2. The second-order valence-electron chi connectivity index (χ2n) is 4.09. The number of rotatable bonds is 8. The van der Waals surface area contributed by atoms with E-state index in [0.29, 0.717) is 0 Å². The summed E-state index contributed by atoms with van der Waals surface area (Å²) in [4.78, 5) is 24.6. The molecule has 23 heavy (non-hydrogen) atoms. The van der Waals surface area contributed by atoms with Crippen LogP contribution in [0.3, 0.4) is 0 Å². The molecule has 124 valence electrons. The van der Waals surface area contributed by atoms with Crippen LogP contribution in [-0.4, -0.2) is 87.1 Å².